The van der Waals surface area contributed by atoms with Crippen LogP contribution in [0.4, 0.5) is 17.1 Å². The molecule has 0 aliphatic carbocycles. The van der Waals surface area contributed by atoms with Gasteiger partial charge in [0.05, 0.1) is 33.8 Å². The molecule has 8 rings (SSSR count). The molecule has 194 valence electrons. The van der Waals surface area contributed by atoms with E-state index in [4.69, 9.17) is 4.98 Å². The van der Waals surface area contributed by atoms with Gasteiger partial charge in [-0.15, -0.1) is 0 Å². The normalized spacial score (nSPS) is 12.3. The van der Waals surface area contributed by atoms with Crippen molar-refractivity contribution in [1.29, 1.82) is 0 Å². The lowest BCUT2D eigenvalue weighted by molar-refractivity contribution is 0.958. The molecule has 4 heterocycles. The second-order valence-electron chi connectivity index (χ2n) is 10.2. The monoisotopic (exact) mass is 527 g/mol. The number of anilines is 2. The van der Waals surface area contributed by atoms with E-state index in [1.165, 1.54) is 27.5 Å². The predicted octanol–water partition coefficient (Wildman–Crippen LogP) is 8.89. The second-order valence-corrected chi connectivity index (χ2v) is 10.2. The highest BCUT2D eigenvalue weighted by atomic mass is 15.2. The maximum absolute atomic E-state index is 4.92. The van der Waals surface area contributed by atoms with Crippen molar-refractivity contribution < 1.29 is 0 Å². The molecule has 0 spiro atoms. The topological polar surface area (TPSA) is 46.3 Å². The standard InChI is InChI=1S/C36H25N5/c1-37-31-14-5-7-16-33(31)40-23-25-10-2-3-11-26(25)28-17-18-29-27-12-4-6-15-32(27)41(36(29)35(28)40)34-22-24(19-21-39-34)30-13-8-9-20-38-30/h2-22H,1,23H2. The van der Waals surface area contributed by atoms with Gasteiger partial charge in [-0.2, -0.15) is 0 Å². The van der Waals surface area contributed by atoms with E-state index < -0.39 is 0 Å². The van der Waals surface area contributed by atoms with Gasteiger partial charge in [-0.3, -0.25) is 14.5 Å². The maximum atomic E-state index is 4.92. The lowest BCUT2D eigenvalue weighted by atomic mass is 9.91. The molecule has 0 amide bonds. The third-order valence-electron chi connectivity index (χ3n) is 7.99. The summed E-state index contributed by atoms with van der Waals surface area (Å²) in [6.45, 7) is 4.61. The lowest BCUT2D eigenvalue weighted by Gasteiger charge is -2.34. The fourth-order valence-electron chi connectivity index (χ4n) is 6.20. The summed E-state index contributed by atoms with van der Waals surface area (Å²) in [5, 5.41) is 2.36. The van der Waals surface area contributed by atoms with E-state index in [1.807, 2.05) is 48.8 Å². The number of fused-ring (bicyclic) bond motifs is 7. The van der Waals surface area contributed by atoms with E-state index in [2.05, 4.69) is 105 Å². The Labute approximate surface area is 237 Å². The molecule has 4 aromatic carbocycles. The van der Waals surface area contributed by atoms with Crippen LogP contribution in [0.2, 0.25) is 0 Å². The SMILES string of the molecule is C=Nc1ccccc1N1Cc2ccccc2-c2ccc3c4ccccc4n(-c4cc(-c5ccccn5)ccn4)c3c21. The average molecular weight is 528 g/mol. The Kier molecular flexibility index (Phi) is 5.28. The molecule has 0 unspecified atom stereocenters. The number of hydrogen-bond donors (Lipinski definition) is 0. The fraction of sp³-hybridized carbons (Fsp3) is 0.0278. The zero-order valence-corrected chi connectivity index (χ0v) is 22.3. The Morgan fingerprint density at radius 3 is 2.41 bits per heavy atom. The second kappa shape index (κ2) is 9.28. The summed E-state index contributed by atoms with van der Waals surface area (Å²) >= 11 is 0. The lowest BCUT2D eigenvalue weighted by Crippen LogP contribution is -2.22. The highest BCUT2D eigenvalue weighted by Crippen LogP contribution is 2.50. The molecule has 5 nitrogen and oxygen atoms in total. The first-order valence-electron chi connectivity index (χ1n) is 13.7. The van der Waals surface area contributed by atoms with Gasteiger partial charge in [0.15, 0.2) is 0 Å². The van der Waals surface area contributed by atoms with Crippen LogP contribution >= 0.6 is 0 Å². The molecule has 0 saturated carbocycles. The molecule has 0 N–H and O–H groups in total. The first-order valence-corrected chi connectivity index (χ1v) is 13.7. The van der Waals surface area contributed by atoms with Crippen LogP contribution in [-0.4, -0.2) is 21.3 Å². The van der Waals surface area contributed by atoms with Crippen molar-refractivity contribution in [3.63, 3.8) is 0 Å². The van der Waals surface area contributed by atoms with Crippen LogP contribution < -0.4 is 4.90 Å². The summed E-state index contributed by atoms with van der Waals surface area (Å²) in [4.78, 5) is 16.3. The van der Waals surface area contributed by atoms with E-state index in [9.17, 15) is 0 Å². The quantitative estimate of drug-likeness (QED) is 0.215. The highest BCUT2D eigenvalue weighted by molar-refractivity contribution is 6.17. The molecule has 7 aromatic rings. The van der Waals surface area contributed by atoms with Gasteiger partial charge in [0.1, 0.15) is 5.82 Å². The van der Waals surface area contributed by atoms with Gasteiger partial charge in [-0.05, 0) is 60.3 Å². The molecular formula is C36H25N5. The Morgan fingerprint density at radius 2 is 1.51 bits per heavy atom. The third kappa shape index (κ3) is 3.60. The molecule has 0 saturated heterocycles. The number of para-hydroxylation sites is 3. The van der Waals surface area contributed by atoms with Crippen LogP contribution in [0.1, 0.15) is 5.56 Å². The zero-order chi connectivity index (χ0) is 27.3. The molecular weight excluding hydrogens is 502 g/mol. The van der Waals surface area contributed by atoms with Crippen molar-refractivity contribution in [2.45, 2.75) is 6.54 Å². The van der Waals surface area contributed by atoms with Gasteiger partial charge in [-0.25, -0.2) is 4.98 Å². The number of rotatable bonds is 4. The Morgan fingerprint density at radius 1 is 0.683 bits per heavy atom. The molecule has 3 aromatic heterocycles. The number of pyridine rings is 2. The van der Waals surface area contributed by atoms with Crippen LogP contribution in [0.3, 0.4) is 0 Å². The van der Waals surface area contributed by atoms with Crippen molar-refractivity contribution in [3.8, 4) is 28.2 Å². The van der Waals surface area contributed by atoms with E-state index >= 15 is 0 Å². The molecule has 41 heavy (non-hydrogen) atoms. The first-order chi connectivity index (χ1) is 20.3. The van der Waals surface area contributed by atoms with Gasteiger partial charge in [0, 0.05) is 40.8 Å². The Balaban J connectivity index is 1.50. The van der Waals surface area contributed by atoms with Crippen LogP contribution in [0.5, 0.6) is 0 Å². The van der Waals surface area contributed by atoms with E-state index in [-0.39, 0.29) is 0 Å². The third-order valence-corrected chi connectivity index (χ3v) is 7.99. The van der Waals surface area contributed by atoms with Crippen molar-refractivity contribution >= 4 is 45.6 Å². The molecule has 0 radical (unpaired) electrons. The fourth-order valence-corrected chi connectivity index (χ4v) is 6.20. The van der Waals surface area contributed by atoms with Crippen molar-refractivity contribution in [1.82, 2.24) is 14.5 Å². The van der Waals surface area contributed by atoms with E-state index in [1.54, 1.807) is 0 Å². The van der Waals surface area contributed by atoms with Crippen LogP contribution in [0, 0.1) is 0 Å². The smallest absolute Gasteiger partial charge is 0.138 e. The summed E-state index contributed by atoms with van der Waals surface area (Å²) in [5.74, 6) is 0.849. The number of aliphatic imine (C=N–C) groups is 1. The Bertz CT molecular complexity index is 2110. The predicted molar refractivity (Wildman–Crippen MR) is 169 cm³/mol. The van der Waals surface area contributed by atoms with Gasteiger partial charge in [-0.1, -0.05) is 72.8 Å². The van der Waals surface area contributed by atoms with Crippen LogP contribution in [0.25, 0.3) is 50.0 Å². The number of benzene rings is 4. The van der Waals surface area contributed by atoms with E-state index in [0.29, 0.717) is 0 Å². The molecule has 0 atom stereocenters. The summed E-state index contributed by atoms with van der Waals surface area (Å²) in [6.07, 6.45) is 3.70. The molecule has 5 heteroatoms. The number of nitrogens with zero attached hydrogens (tertiary/aromatic N) is 5. The van der Waals surface area contributed by atoms with Crippen LogP contribution in [0.15, 0.2) is 133 Å². The molecule has 0 bridgehead atoms. The van der Waals surface area contributed by atoms with E-state index in [0.717, 1.165) is 51.7 Å². The number of aromatic nitrogens is 3. The van der Waals surface area contributed by atoms with Crippen molar-refractivity contribution in [2.75, 3.05) is 4.90 Å². The zero-order valence-electron chi connectivity index (χ0n) is 22.3. The highest BCUT2D eigenvalue weighted by Gasteiger charge is 2.29. The maximum Gasteiger partial charge on any atom is 0.138 e. The van der Waals surface area contributed by atoms with Gasteiger partial charge >= 0.3 is 0 Å². The average Bonchev–Trinajstić information content (AvgIpc) is 3.39. The minimum absolute atomic E-state index is 0.720. The first kappa shape index (κ1) is 23.3. The summed E-state index contributed by atoms with van der Waals surface area (Å²) in [6, 6.07) is 40.1. The Hall–Kier alpha value is -5.55. The minimum Gasteiger partial charge on any atom is -0.333 e. The summed E-state index contributed by atoms with van der Waals surface area (Å²) in [7, 11) is 0. The van der Waals surface area contributed by atoms with Gasteiger partial charge < -0.3 is 4.90 Å². The molecule has 1 aliphatic heterocycles. The molecule has 0 fully saturated rings. The van der Waals surface area contributed by atoms with Crippen molar-refractivity contribution in [2.24, 2.45) is 4.99 Å². The van der Waals surface area contributed by atoms with Crippen LogP contribution in [-0.2, 0) is 6.54 Å². The molecule has 1 aliphatic rings. The summed E-state index contributed by atoms with van der Waals surface area (Å²) in [5.41, 5.74) is 10.9. The minimum atomic E-state index is 0.720. The van der Waals surface area contributed by atoms with Gasteiger partial charge in [0.25, 0.3) is 0 Å². The number of hydrogen-bond acceptors (Lipinski definition) is 4. The largest absolute Gasteiger partial charge is 0.333 e. The van der Waals surface area contributed by atoms with Gasteiger partial charge in [0.2, 0.25) is 0 Å². The summed E-state index contributed by atoms with van der Waals surface area (Å²) < 4.78 is 2.31. The van der Waals surface area contributed by atoms with Crippen molar-refractivity contribution in [3.05, 3.63) is 133 Å².